The van der Waals surface area contributed by atoms with Crippen molar-refractivity contribution in [1.82, 2.24) is 9.38 Å². The number of hydrogen-bond donors (Lipinski definition) is 0. The van der Waals surface area contributed by atoms with Crippen LogP contribution in [0.5, 0.6) is 0 Å². The van der Waals surface area contributed by atoms with Crippen LogP contribution in [0.25, 0.3) is 5.65 Å². The van der Waals surface area contributed by atoms with Crippen LogP contribution in [0.3, 0.4) is 0 Å². The third-order valence-electron chi connectivity index (χ3n) is 3.58. The predicted octanol–water partition coefficient (Wildman–Crippen LogP) is 3.45. The topological polar surface area (TPSA) is 60.7 Å². The number of esters is 1. The van der Waals surface area contributed by atoms with Crippen molar-refractivity contribution in [3.8, 4) is 0 Å². The number of hydrogen-bond acceptors (Lipinski definition) is 4. The number of Topliss-reactive ketones (excluding diaryl/α,β-unsaturated/α-hetero) is 1. The molecule has 3 aromatic rings. The number of aromatic nitrogens is 2. The molecule has 0 aliphatic heterocycles. The first-order valence-corrected chi connectivity index (χ1v) is 7.81. The van der Waals surface area contributed by atoms with Crippen LogP contribution in [0.1, 0.15) is 26.4 Å². The fraction of sp³-hybridized carbons (Fsp3) is 0.118. The average Bonchev–Trinajstić information content (AvgIpc) is 2.99. The van der Waals surface area contributed by atoms with E-state index in [1.807, 2.05) is 0 Å². The summed E-state index contributed by atoms with van der Waals surface area (Å²) in [5.74, 6) is -1.43. The van der Waals surface area contributed by atoms with E-state index in [0.717, 1.165) is 10.5 Å². The summed E-state index contributed by atoms with van der Waals surface area (Å²) in [7, 11) is 1.24. The molecule has 0 atom stereocenters. The molecule has 0 saturated carbocycles. The largest absolute Gasteiger partial charge is 0.465 e. The Morgan fingerprint density at radius 2 is 2.08 bits per heavy atom. The maximum Gasteiger partial charge on any atom is 0.337 e. The Bertz CT molecular complexity index is 952. The lowest BCUT2D eigenvalue weighted by Crippen LogP contribution is -2.10. The van der Waals surface area contributed by atoms with Crippen molar-refractivity contribution in [2.45, 2.75) is 6.42 Å². The molecule has 24 heavy (non-hydrogen) atoms. The number of carbonyl (C=O) groups is 2. The third-order valence-corrected chi connectivity index (χ3v) is 4.07. The van der Waals surface area contributed by atoms with Crippen molar-refractivity contribution in [2.24, 2.45) is 0 Å². The zero-order valence-electron chi connectivity index (χ0n) is 12.6. The number of fused-ring (bicyclic) bond motifs is 1. The van der Waals surface area contributed by atoms with Gasteiger partial charge in [0.25, 0.3) is 0 Å². The SMILES string of the molecule is COC(=O)c1ccc(F)c(CC(=O)c2cnc3cc(Br)ccn23)c1. The Balaban J connectivity index is 1.93. The third kappa shape index (κ3) is 3.07. The van der Waals surface area contributed by atoms with Crippen LogP contribution in [0.4, 0.5) is 4.39 Å². The number of methoxy groups -OCH3 is 1. The fourth-order valence-electron chi connectivity index (χ4n) is 2.38. The van der Waals surface area contributed by atoms with Crippen LogP contribution < -0.4 is 0 Å². The summed E-state index contributed by atoms with van der Waals surface area (Å²) in [5, 5.41) is 0. The summed E-state index contributed by atoms with van der Waals surface area (Å²) in [5.41, 5.74) is 1.29. The lowest BCUT2D eigenvalue weighted by atomic mass is 10.0. The summed E-state index contributed by atoms with van der Waals surface area (Å²) in [6, 6.07) is 7.36. The standard InChI is InChI=1S/C17H12BrFN2O3/c1-24-17(23)10-2-3-13(19)11(6-10)7-15(22)14-9-20-16-8-12(18)4-5-21(14)16/h2-6,8-9H,7H2,1H3. The highest BCUT2D eigenvalue weighted by Gasteiger charge is 2.17. The van der Waals surface area contributed by atoms with E-state index < -0.39 is 11.8 Å². The van der Waals surface area contributed by atoms with Gasteiger partial charge in [0.15, 0.2) is 5.78 Å². The predicted molar refractivity (Wildman–Crippen MR) is 88.7 cm³/mol. The summed E-state index contributed by atoms with van der Waals surface area (Å²) in [6.07, 6.45) is 2.98. The minimum Gasteiger partial charge on any atom is -0.465 e. The highest BCUT2D eigenvalue weighted by Crippen LogP contribution is 2.18. The number of benzene rings is 1. The molecule has 0 saturated heterocycles. The van der Waals surface area contributed by atoms with E-state index in [2.05, 4.69) is 25.7 Å². The molecule has 2 heterocycles. The second-order valence-electron chi connectivity index (χ2n) is 5.11. The molecule has 0 spiro atoms. The molecule has 0 amide bonds. The highest BCUT2D eigenvalue weighted by molar-refractivity contribution is 9.10. The van der Waals surface area contributed by atoms with Crippen molar-refractivity contribution in [2.75, 3.05) is 7.11 Å². The van der Waals surface area contributed by atoms with Crippen molar-refractivity contribution in [1.29, 1.82) is 0 Å². The van der Waals surface area contributed by atoms with Gasteiger partial charge in [-0.1, -0.05) is 15.9 Å². The molecule has 7 heteroatoms. The van der Waals surface area contributed by atoms with Gasteiger partial charge in [0.1, 0.15) is 17.2 Å². The van der Waals surface area contributed by atoms with Gasteiger partial charge in [0, 0.05) is 17.1 Å². The minimum atomic E-state index is -0.580. The first kappa shape index (κ1) is 16.3. The Hall–Kier alpha value is -2.54. The molecular formula is C17H12BrFN2O3. The smallest absolute Gasteiger partial charge is 0.337 e. The van der Waals surface area contributed by atoms with Crippen molar-refractivity contribution < 1.29 is 18.7 Å². The van der Waals surface area contributed by atoms with Crippen LogP contribution in [0, 0.1) is 5.82 Å². The fourth-order valence-corrected chi connectivity index (χ4v) is 2.70. The number of ketones is 1. The van der Waals surface area contributed by atoms with E-state index in [4.69, 9.17) is 0 Å². The van der Waals surface area contributed by atoms with E-state index in [1.54, 1.807) is 22.7 Å². The zero-order chi connectivity index (χ0) is 17.3. The molecule has 0 N–H and O–H groups in total. The first-order chi connectivity index (χ1) is 11.5. The zero-order valence-corrected chi connectivity index (χ0v) is 14.2. The number of ether oxygens (including phenoxy) is 1. The quantitative estimate of drug-likeness (QED) is 0.505. The van der Waals surface area contributed by atoms with Gasteiger partial charge < -0.3 is 4.74 Å². The second-order valence-corrected chi connectivity index (χ2v) is 6.03. The molecule has 0 unspecified atom stereocenters. The lowest BCUT2D eigenvalue weighted by Gasteiger charge is -2.06. The van der Waals surface area contributed by atoms with Crippen LogP contribution >= 0.6 is 15.9 Å². The van der Waals surface area contributed by atoms with E-state index in [-0.39, 0.29) is 23.3 Å². The molecule has 2 aromatic heterocycles. The first-order valence-electron chi connectivity index (χ1n) is 7.02. The normalized spacial score (nSPS) is 10.8. The van der Waals surface area contributed by atoms with E-state index in [1.165, 1.54) is 25.4 Å². The number of imidazole rings is 1. The van der Waals surface area contributed by atoms with Crippen LogP contribution in [0.15, 0.2) is 47.2 Å². The van der Waals surface area contributed by atoms with E-state index >= 15 is 0 Å². The molecule has 0 bridgehead atoms. The molecule has 5 nitrogen and oxygen atoms in total. The molecule has 3 rings (SSSR count). The number of rotatable bonds is 4. The number of nitrogens with zero attached hydrogens (tertiary/aromatic N) is 2. The number of pyridine rings is 1. The number of carbonyl (C=O) groups excluding carboxylic acids is 2. The monoisotopic (exact) mass is 390 g/mol. The highest BCUT2D eigenvalue weighted by atomic mass is 79.9. The summed E-state index contributed by atoms with van der Waals surface area (Å²) in [4.78, 5) is 28.2. The van der Waals surface area contributed by atoms with E-state index in [9.17, 15) is 14.0 Å². The molecular weight excluding hydrogens is 379 g/mol. The molecule has 0 aliphatic carbocycles. The molecule has 0 aliphatic rings. The van der Waals surface area contributed by atoms with Gasteiger partial charge in [-0.05, 0) is 35.9 Å². The van der Waals surface area contributed by atoms with E-state index in [0.29, 0.717) is 11.3 Å². The number of halogens is 2. The Kier molecular flexibility index (Phi) is 4.44. The van der Waals surface area contributed by atoms with Gasteiger partial charge in [-0.3, -0.25) is 9.20 Å². The summed E-state index contributed by atoms with van der Waals surface area (Å²) >= 11 is 3.34. The molecule has 0 radical (unpaired) electrons. The van der Waals surface area contributed by atoms with Gasteiger partial charge in [-0.2, -0.15) is 0 Å². The maximum atomic E-state index is 14.0. The van der Waals surface area contributed by atoms with Gasteiger partial charge in [0.05, 0.1) is 18.9 Å². The Labute approximate surface area is 145 Å². The maximum absolute atomic E-state index is 14.0. The van der Waals surface area contributed by atoms with Crippen molar-refractivity contribution in [3.63, 3.8) is 0 Å². The minimum absolute atomic E-state index is 0.134. The Morgan fingerprint density at radius 1 is 1.29 bits per heavy atom. The van der Waals surface area contributed by atoms with Crippen LogP contribution in [-0.4, -0.2) is 28.2 Å². The van der Waals surface area contributed by atoms with Gasteiger partial charge in [0.2, 0.25) is 0 Å². The van der Waals surface area contributed by atoms with Crippen molar-refractivity contribution >= 4 is 33.3 Å². The lowest BCUT2D eigenvalue weighted by molar-refractivity contribution is 0.0600. The van der Waals surface area contributed by atoms with Crippen molar-refractivity contribution in [3.05, 3.63) is 69.8 Å². The van der Waals surface area contributed by atoms with Crippen LogP contribution in [0.2, 0.25) is 0 Å². The molecule has 0 fully saturated rings. The van der Waals surface area contributed by atoms with Gasteiger partial charge in [-0.15, -0.1) is 0 Å². The summed E-state index contributed by atoms with van der Waals surface area (Å²) in [6.45, 7) is 0. The second kappa shape index (κ2) is 6.52. The van der Waals surface area contributed by atoms with Gasteiger partial charge >= 0.3 is 5.97 Å². The Morgan fingerprint density at radius 3 is 2.83 bits per heavy atom. The van der Waals surface area contributed by atoms with Crippen LogP contribution in [-0.2, 0) is 11.2 Å². The summed E-state index contributed by atoms with van der Waals surface area (Å²) < 4.78 is 21.1. The average molecular weight is 391 g/mol. The molecule has 1 aromatic carbocycles. The van der Waals surface area contributed by atoms with Gasteiger partial charge in [-0.25, -0.2) is 14.2 Å². The molecule has 122 valence electrons.